The van der Waals surface area contributed by atoms with Crippen LogP contribution in [-0.4, -0.2) is 51.6 Å². The molecule has 140 valence electrons. The number of carbonyl (C=O) groups is 1. The Morgan fingerprint density at radius 3 is 2.48 bits per heavy atom. The van der Waals surface area contributed by atoms with Gasteiger partial charge in [0.1, 0.15) is 17.6 Å². The van der Waals surface area contributed by atoms with Gasteiger partial charge in [-0.3, -0.25) is 4.79 Å². The third-order valence-electron chi connectivity index (χ3n) is 4.93. The highest BCUT2D eigenvalue weighted by Crippen LogP contribution is 2.14. The van der Waals surface area contributed by atoms with Crippen molar-refractivity contribution in [1.82, 2.24) is 19.9 Å². The second kappa shape index (κ2) is 8.31. The first-order chi connectivity index (χ1) is 13.3. The minimum absolute atomic E-state index is 0.0478. The topological polar surface area (TPSA) is 60.2 Å². The molecule has 6 heteroatoms. The quantitative estimate of drug-likeness (QED) is 0.675. The first-order valence-electron chi connectivity index (χ1n) is 9.51. The predicted octanol–water partition coefficient (Wildman–Crippen LogP) is 2.68. The van der Waals surface area contributed by atoms with Crippen LogP contribution in [-0.2, 0) is 22.5 Å². The summed E-state index contributed by atoms with van der Waals surface area (Å²) in [7, 11) is 0. The molecule has 2 aromatic carbocycles. The van der Waals surface area contributed by atoms with Crippen LogP contribution in [0.3, 0.4) is 0 Å². The lowest BCUT2D eigenvalue weighted by molar-refractivity contribution is -0.140. The number of nitrogens with zero attached hydrogens (tertiary/aromatic N) is 4. The van der Waals surface area contributed by atoms with Crippen molar-refractivity contribution < 1.29 is 9.53 Å². The van der Waals surface area contributed by atoms with E-state index in [4.69, 9.17) is 4.74 Å². The fraction of sp³-hybridized carbons (Fsp3) is 0.381. The van der Waals surface area contributed by atoms with Gasteiger partial charge in [-0.15, -0.1) is 0 Å². The lowest BCUT2D eigenvalue weighted by Crippen LogP contribution is -2.46. The summed E-state index contributed by atoms with van der Waals surface area (Å²) in [5, 5.41) is 8.75. The Balaban J connectivity index is 1.28. The number of hydrogen-bond donors (Lipinski definition) is 0. The first-order valence-corrected chi connectivity index (χ1v) is 9.51. The molecule has 27 heavy (non-hydrogen) atoms. The van der Waals surface area contributed by atoms with E-state index in [-0.39, 0.29) is 18.6 Å². The minimum atomic E-state index is 0.0478. The van der Waals surface area contributed by atoms with Gasteiger partial charge in [-0.1, -0.05) is 42.5 Å². The van der Waals surface area contributed by atoms with E-state index in [2.05, 4.69) is 34.5 Å². The zero-order valence-corrected chi connectivity index (χ0v) is 15.3. The average molecular weight is 364 g/mol. The molecule has 0 spiro atoms. The summed E-state index contributed by atoms with van der Waals surface area (Å²) in [6.45, 7) is 2.05. The molecule has 1 aliphatic heterocycles. The lowest BCUT2D eigenvalue weighted by atomic mass is 10.1. The Bertz CT molecular complexity index is 860. The maximum Gasteiger partial charge on any atom is 0.246 e. The Kier molecular flexibility index (Phi) is 5.44. The second-order valence-electron chi connectivity index (χ2n) is 6.93. The maximum absolute atomic E-state index is 12.7. The first kappa shape index (κ1) is 17.7. The smallest absolute Gasteiger partial charge is 0.246 e. The number of aromatic nitrogens is 3. The van der Waals surface area contributed by atoms with Gasteiger partial charge in [0.05, 0.1) is 12.7 Å². The van der Waals surface area contributed by atoms with Crippen molar-refractivity contribution in [2.75, 3.05) is 19.7 Å². The van der Waals surface area contributed by atoms with Crippen molar-refractivity contribution in [2.24, 2.45) is 0 Å². The van der Waals surface area contributed by atoms with E-state index in [0.29, 0.717) is 19.7 Å². The maximum atomic E-state index is 12.7. The number of rotatable bonds is 6. The molecule has 1 aliphatic rings. The number of morpholine rings is 1. The van der Waals surface area contributed by atoms with Crippen molar-refractivity contribution in [1.29, 1.82) is 0 Å². The molecule has 0 unspecified atom stereocenters. The number of hydrogen-bond acceptors (Lipinski definition) is 4. The molecule has 4 rings (SSSR count). The van der Waals surface area contributed by atoms with Crippen LogP contribution in [0.1, 0.15) is 18.4 Å². The summed E-state index contributed by atoms with van der Waals surface area (Å²) < 4.78 is 5.86. The molecule has 1 amide bonds. The highest BCUT2D eigenvalue weighted by atomic mass is 16.5. The van der Waals surface area contributed by atoms with E-state index in [1.54, 1.807) is 0 Å². The fourth-order valence-corrected chi connectivity index (χ4v) is 3.50. The monoisotopic (exact) mass is 364 g/mol. The molecule has 1 fully saturated rings. The molecule has 0 aliphatic carbocycles. The Morgan fingerprint density at radius 1 is 1.04 bits per heavy atom. The number of ether oxygens (including phenoxy) is 1. The van der Waals surface area contributed by atoms with E-state index in [9.17, 15) is 4.79 Å². The van der Waals surface area contributed by atoms with Crippen molar-refractivity contribution in [3.8, 4) is 0 Å². The number of amides is 1. The summed E-state index contributed by atoms with van der Waals surface area (Å²) in [6.07, 6.45) is 3.17. The standard InChI is InChI=1S/C21H24N4O2/c26-21(16-25-22-19-11-4-5-12-20(19)23-25)24-13-14-27-18(15-24)10-6-9-17-7-2-1-3-8-17/h1-5,7-8,11-12,18H,6,9-10,13-16H2/t18-/m1/s1. The summed E-state index contributed by atoms with van der Waals surface area (Å²) >= 11 is 0. The van der Waals surface area contributed by atoms with Gasteiger partial charge >= 0.3 is 0 Å². The molecule has 1 atom stereocenters. The molecule has 0 radical (unpaired) electrons. The summed E-state index contributed by atoms with van der Waals surface area (Å²) in [4.78, 5) is 16.0. The Labute approximate surface area is 158 Å². The zero-order valence-electron chi connectivity index (χ0n) is 15.3. The SMILES string of the molecule is O=C(Cn1nc2ccccc2n1)N1CCO[C@H](CCCc2ccccc2)C1. The van der Waals surface area contributed by atoms with Crippen molar-refractivity contribution in [3.05, 3.63) is 60.2 Å². The normalized spacial score (nSPS) is 17.3. The fourth-order valence-electron chi connectivity index (χ4n) is 3.50. The minimum Gasteiger partial charge on any atom is -0.375 e. The third kappa shape index (κ3) is 4.52. The van der Waals surface area contributed by atoms with E-state index in [1.165, 1.54) is 10.4 Å². The van der Waals surface area contributed by atoms with Crippen LogP contribution in [0.4, 0.5) is 0 Å². The van der Waals surface area contributed by atoms with Gasteiger partial charge in [0.15, 0.2) is 0 Å². The second-order valence-corrected chi connectivity index (χ2v) is 6.93. The Hall–Kier alpha value is -2.73. The highest BCUT2D eigenvalue weighted by Gasteiger charge is 2.24. The van der Waals surface area contributed by atoms with Gasteiger partial charge in [0, 0.05) is 13.1 Å². The zero-order chi connectivity index (χ0) is 18.5. The van der Waals surface area contributed by atoms with Crippen LogP contribution in [0.2, 0.25) is 0 Å². The molecule has 1 saturated heterocycles. The third-order valence-corrected chi connectivity index (χ3v) is 4.93. The highest BCUT2D eigenvalue weighted by molar-refractivity contribution is 5.77. The van der Waals surface area contributed by atoms with Crippen LogP contribution in [0, 0.1) is 0 Å². The van der Waals surface area contributed by atoms with Crippen molar-refractivity contribution >= 4 is 16.9 Å². The Morgan fingerprint density at radius 2 is 1.74 bits per heavy atom. The summed E-state index contributed by atoms with van der Waals surface area (Å²) in [5.74, 6) is 0.0478. The van der Waals surface area contributed by atoms with Crippen LogP contribution >= 0.6 is 0 Å². The molecule has 0 N–H and O–H groups in total. The van der Waals surface area contributed by atoms with Gasteiger partial charge in [-0.25, -0.2) is 0 Å². The largest absolute Gasteiger partial charge is 0.375 e. The van der Waals surface area contributed by atoms with E-state index in [1.807, 2.05) is 35.2 Å². The molecule has 6 nitrogen and oxygen atoms in total. The van der Waals surface area contributed by atoms with Crippen LogP contribution in [0.15, 0.2) is 54.6 Å². The summed E-state index contributed by atoms with van der Waals surface area (Å²) in [5.41, 5.74) is 2.97. The molecule has 2 heterocycles. The molecule has 3 aromatic rings. The van der Waals surface area contributed by atoms with E-state index in [0.717, 1.165) is 30.3 Å². The number of benzene rings is 2. The number of carbonyl (C=O) groups excluding carboxylic acids is 1. The number of aryl methyl sites for hydroxylation is 1. The van der Waals surface area contributed by atoms with Gasteiger partial charge in [-0.05, 0) is 37.0 Å². The molecular weight excluding hydrogens is 340 g/mol. The molecule has 0 bridgehead atoms. The lowest BCUT2D eigenvalue weighted by Gasteiger charge is -2.33. The predicted molar refractivity (Wildman–Crippen MR) is 103 cm³/mol. The molecule has 0 saturated carbocycles. The van der Waals surface area contributed by atoms with Gasteiger partial charge in [0.25, 0.3) is 0 Å². The van der Waals surface area contributed by atoms with Crippen LogP contribution in [0.5, 0.6) is 0 Å². The van der Waals surface area contributed by atoms with Crippen LogP contribution < -0.4 is 0 Å². The molecular formula is C21H24N4O2. The van der Waals surface area contributed by atoms with Gasteiger partial charge < -0.3 is 9.64 Å². The average Bonchev–Trinajstić information content (AvgIpc) is 3.11. The van der Waals surface area contributed by atoms with Gasteiger partial charge in [0.2, 0.25) is 5.91 Å². The molecule has 1 aromatic heterocycles. The summed E-state index contributed by atoms with van der Waals surface area (Å²) in [6, 6.07) is 18.1. The van der Waals surface area contributed by atoms with Crippen molar-refractivity contribution in [3.63, 3.8) is 0 Å². The van der Waals surface area contributed by atoms with E-state index < -0.39 is 0 Å². The van der Waals surface area contributed by atoms with Crippen LogP contribution in [0.25, 0.3) is 11.0 Å². The van der Waals surface area contributed by atoms with Gasteiger partial charge in [-0.2, -0.15) is 15.0 Å². The number of fused-ring (bicyclic) bond motifs is 1. The van der Waals surface area contributed by atoms with E-state index >= 15 is 0 Å². The van der Waals surface area contributed by atoms with Crippen molar-refractivity contribution in [2.45, 2.75) is 31.9 Å².